The van der Waals surface area contributed by atoms with Crippen molar-refractivity contribution < 1.29 is 14.3 Å². The summed E-state index contributed by atoms with van der Waals surface area (Å²) in [6.45, 7) is -0.0121. The van der Waals surface area contributed by atoms with Crippen LogP contribution in [0.1, 0.15) is 23.5 Å². The maximum Gasteiger partial charge on any atom is 0.250 e. The summed E-state index contributed by atoms with van der Waals surface area (Å²) in [5.41, 5.74) is 3.35. The number of benzene rings is 1. The molecule has 0 saturated carbocycles. The standard InChI is InChI=1S/C17H17N3O3/c1-23-10-17(22)19-12-4-5-13-14(11-3-2-6-18-9-11)8-16(21)20-15(13)7-12/h2-7,9,14H,8,10H2,1H3,(H,19,22)(H,20,21)/t14-/m0/s1. The summed E-state index contributed by atoms with van der Waals surface area (Å²) in [5.74, 6) is -0.318. The molecule has 1 aromatic heterocycles. The van der Waals surface area contributed by atoms with E-state index in [-0.39, 0.29) is 24.3 Å². The van der Waals surface area contributed by atoms with Gasteiger partial charge in [-0.05, 0) is 29.3 Å². The molecule has 0 fully saturated rings. The first-order chi connectivity index (χ1) is 11.2. The Hall–Kier alpha value is -2.73. The molecule has 6 nitrogen and oxygen atoms in total. The second-order valence-corrected chi connectivity index (χ2v) is 5.37. The second-order valence-electron chi connectivity index (χ2n) is 5.37. The highest BCUT2D eigenvalue weighted by Crippen LogP contribution is 2.37. The molecule has 118 valence electrons. The molecule has 6 heteroatoms. The predicted octanol–water partition coefficient (Wildman–Crippen LogP) is 2.14. The first-order valence-corrected chi connectivity index (χ1v) is 7.30. The summed E-state index contributed by atoms with van der Waals surface area (Å²) in [6, 6.07) is 9.35. The molecule has 0 radical (unpaired) electrons. The molecule has 0 aliphatic carbocycles. The number of nitrogens with zero attached hydrogens (tertiary/aromatic N) is 1. The zero-order valence-corrected chi connectivity index (χ0v) is 12.7. The van der Waals surface area contributed by atoms with Gasteiger partial charge in [-0.1, -0.05) is 12.1 Å². The zero-order chi connectivity index (χ0) is 16.2. The first kappa shape index (κ1) is 15.2. The van der Waals surface area contributed by atoms with Crippen LogP contribution in [0.2, 0.25) is 0 Å². The topological polar surface area (TPSA) is 80.3 Å². The summed E-state index contributed by atoms with van der Waals surface area (Å²) >= 11 is 0. The largest absolute Gasteiger partial charge is 0.375 e. The average Bonchev–Trinajstić information content (AvgIpc) is 2.54. The van der Waals surface area contributed by atoms with Crippen LogP contribution >= 0.6 is 0 Å². The molecule has 1 aliphatic rings. The second kappa shape index (κ2) is 6.58. The molecule has 3 rings (SSSR count). The lowest BCUT2D eigenvalue weighted by molar-refractivity contribution is -0.119. The fourth-order valence-electron chi connectivity index (χ4n) is 2.75. The van der Waals surface area contributed by atoms with Crippen molar-refractivity contribution in [2.24, 2.45) is 0 Å². The van der Waals surface area contributed by atoms with Gasteiger partial charge in [0.2, 0.25) is 11.8 Å². The van der Waals surface area contributed by atoms with Gasteiger partial charge in [-0.3, -0.25) is 14.6 Å². The van der Waals surface area contributed by atoms with Crippen molar-refractivity contribution in [2.45, 2.75) is 12.3 Å². The highest BCUT2D eigenvalue weighted by Gasteiger charge is 2.26. The zero-order valence-electron chi connectivity index (χ0n) is 12.7. The smallest absolute Gasteiger partial charge is 0.250 e. The van der Waals surface area contributed by atoms with Crippen LogP contribution in [0.4, 0.5) is 11.4 Å². The van der Waals surface area contributed by atoms with Crippen LogP contribution in [-0.4, -0.2) is 30.5 Å². The van der Waals surface area contributed by atoms with E-state index in [2.05, 4.69) is 15.6 Å². The number of ether oxygens (including phenoxy) is 1. The van der Waals surface area contributed by atoms with Crippen LogP contribution in [0.3, 0.4) is 0 Å². The number of anilines is 2. The van der Waals surface area contributed by atoms with E-state index in [0.717, 1.165) is 11.1 Å². The fraction of sp³-hybridized carbons (Fsp3) is 0.235. The van der Waals surface area contributed by atoms with E-state index in [1.165, 1.54) is 7.11 Å². The molecule has 2 aromatic rings. The monoisotopic (exact) mass is 311 g/mol. The van der Waals surface area contributed by atoms with Gasteiger partial charge in [0, 0.05) is 43.2 Å². The van der Waals surface area contributed by atoms with E-state index in [4.69, 9.17) is 4.74 Å². The average molecular weight is 311 g/mol. The molecule has 1 aliphatic heterocycles. The SMILES string of the molecule is COCC(=O)Nc1ccc2c(c1)NC(=O)C[C@H]2c1cccnc1. The lowest BCUT2D eigenvalue weighted by Crippen LogP contribution is -2.24. The van der Waals surface area contributed by atoms with Crippen molar-refractivity contribution in [3.8, 4) is 0 Å². The number of methoxy groups -OCH3 is 1. The third kappa shape index (κ3) is 3.37. The number of aromatic nitrogens is 1. The van der Waals surface area contributed by atoms with Crippen LogP contribution < -0.4 is 10.6 Å². The van der Waals surface area contributed by atoms with Crippen molar-refractivity contribution in [1.82, 2.24) is 4.98 Å². The molecule has 2 heterocycles. The number of hydrogen-bond donors (Lipinski definition) is 2. The van der Waals surface area contributed by atoms with Crippen molar-refractivity contribution in [1.29, 1.82) is 0 Å². The van der Waals surface area contributed by atoms with Crippen molar-refractivity contribution in [3.63, 3.8) is 0 Å². The highest BCUT2D eigenvalue weighted by molar-refractivity contribution is 5.97. The van der Waals surface area contributed by atoms with Crippen molar-refractivity contribution in [3.05, 3.63) is 53.9 Å². The Morgan fingerprint density at radius 2 is 2.30 bits per heavy atom. The third-order valence-corrected chi connectivity index (χ3v) is 3.74. The van der Waals surface area contributed by atoms with Crippen molar-refractivity contribution in [2.75, 3.05) is 24.4 Å². The van der Waals surface area contributed by atoms with E-state index in [1.54, 1.807) is 18.5 Å². The van der Waals surface area contributed by atoms with Crippen LogP contribution in [0.25, 0.3) is 0 Å². The van der Waals surface area contributed by atoms with E-state index in [1.807, 2.05) is 24.3 Å². The van der Waals surface area contributed by atoms with E-state index < -0.39 is 0 Å². The molecule has 0 bridgehead atoms. The van der Waals surface area contributed by atoms with Gasteiger partial charge in [0.1, 0.15) is 6.61 Å². The van der Waals surface area contributed by atoms with E-state index in [0.29, 0.717) is 17.8 Å². The molecular weight excluding hydrogens is 294 g/mol. The van der Waals surface area contributed by atoms with Gasteiger partial charge in [-0.2, -0.15) is 0 Å². The van der Waals surface area contributed by atoms with Crippen LogP contribution in [-0.2, 0) is 14.3 Å². The summed E-state index contributed by atoms with van der Waals surface area (Å²) in [4.78, 5) is 27.7. The predicted molar refractivity (Wildman–Crippen MR) is 86.3 cm³/mol. The number of hydrogen-bond acceptors (Lipinski definition) is 4. The maximum atomic E-state index is 12.0. The summed E-state index contributed by atoms with van der Waals surface area (Å²) in [5, 5.41) is 5.60. The Labute approximate surface area is 133 Å². The minimum Gasteiger partial charge on any atom is -0.375 e. The molecule has 0 saturated heterocycles. The molecule has 23 heavy (non-hydrogen) atoms. The minimum atomic E-state index is -0.238. The normalized spacial score (nSPS) is 16.4. The first-order valence-electron chi connectivity index (χ1n) is 7.30. The van der Waals surface area contributed by atoms with Gasteiger partial charge in [0.15, 0.2) is 0 Å². The van der Waals surface area contributed by atoms with Crippen LogP contribution in [0.5, 0.6) is 0 Å². The Morgan fingerprint density at radius 1 is 1.43 bits per heavy atom. The van der Waals surface area contributed by atoms with Gasteiger partial charge in [-0.25, -0.2) is 0 Å². The Kier molecular flexibility index (Phi) is 4.34. The van der Waals surface area contributed by atoms with Crippen LogP contribution in [0, 0.1) is 0 Å². The number of fused-ring (bicyclic) bond motifs is 1. The van der Waals surface area contributed by atoms with E-state index in [9.17, 15) is 9.59 Å². The number of amides is 2. The van der Waals surface area contributed by atoms with Gasteiger partial charge < -0.3 is 15.4 Å². The fourth-order valence-corrected chi connectivity index (χ4v) is 2.75. The molecule has 0 spiro atoms. The number of rotatable bonds is 4. The quantitative estimate of drug-likeness (QED) is 0.906. The van der Waals surface area contributed by atoms with Gasteiger partial charge in [-0.15, -0.1) is 0 Å². The minimum absolute atomic E-state index is 0.0121. The number of pyridine rings is 1. The molecular formula is C17H17N3O3. The number of nitrogens with one attached hydrogen (secondary N) is 2. The lowest BCUT2D eigenvalue weighted by Gasteiger charge is -2.26. The Balaban J connectivity index is 1.91. The molecule has 1 atom stereocenters. The highest BCUT2D eigenvalue weighted by atomic mass is 16.5. The summed E-state index contributed by atoms with van der Waals surface area (Å²) < 4.78 is 4.79. The summed E-state index contributed by atoms with van der Waals surface area (Å²) in [6.07, 6.45) is 3.87. The maximum absolute atomic E-state index is 12.0. The number of carbonyl (C=O) groups excluding carboxylic acids is 2. The summed E-state index contributed by atoms with van der Waals surface area (Å²) in [7, 11) is 1.46. The van der Waals surface area contributed by atoms with Gasteiger partial charge >= 0.3 is 0 Å². The number of carbonyl (C=O) groups is 2. The third-order valence-electron chi connectivity index (χ3n) is 3.74. The Morgan fingerprint density at radius 3 is 3.04 bits per heavy atom. The molecule has 2 N–H and O–H groups in total. The van der Waals surface area contributed by atoms with Crippen molar-refractivity contribution >= 4 is 23.2 Å². The van der Waals surface area contributed by atoms with Crippen LogP contribution in [0.15, 0.2) is 42.7 Å². The Bertz CT molecular complexity index is 731. The molecule has 1 aromatic carbocycles. The lowest BCUT2D eigenvalue weighted by atomic mass is 9.85. The van der Waals surface area contributed by atoms with E-state index >= 15 is 0 Å². The molecule has 0 unspecified atom stereocenters. The molecule has 2 amide bonds. The van der Waals surface area contributed by atoms with Gasteiger partial charge in [0.25, 0.3) is 0 Å². The van der Waals surface area contributed by atoms with Gasteiger partial charge in [0.05, 0.1) is 0 Å².